The number of ether oxygens (including phenoxy) is 2. The van der Waals surface area contributed by atoms with E-state index in [1.807, 2.05) is 6.07 Å². The Kier molecular flexibility index (Phi) is 8.52. The van der Waals surface area contributed by atoms with Crippen LogP contribution in [-0.4, -0.2) is 35.6 Å². The molecule has 0 aliphatic heterocycles. The number of benzene rings is 1. The van der Waals surface area contributed by atoms with Crippen molar-refractivity contribution >= 4 is 23.9 Å². The summed E-state index contributed by atoms with van der Waals surface area (Å²) in [6, 6.07) is 8.93. The number of carbonyl (C=O) groups is 4. The van der Waals surface area contributed by atoms with E-state index in [2.05, 4.69) is 4.74 Å². The standard InChI is InChI=1S/C17H18O7/c18-14(19)9-10-15(20)23-11-5-4-8-16(21)24-17(22)12-13-6-2-1-3-7-13/h1-3,6-7,9-10H,4-5,8,11-12H2,(H,18,19)/b10-9+. The number of carbonyl (C=O) groups excluding carboxylic acids is 3. The van der Waals surface area contributed by atoms with Crippen LogP contribution in [0.4, 0.5) is 0 Å². The van der Waals surface area contributed by atoms with Gasteiger partial charge in [-0.15, -0.1) is 0 Å². The molecule has 0 aliphatic carbocycles. The lowest BCUT2D eigenvalue weighted by Gasteiger charge is -2.04. The molecule has 1 aromatic rings. The Balaban J connectivity index is 2.12. The third-order valence-corrected chi connectivity index (χ3v) is 2.80. The highest BCUT2D eigenvalue weighted by atomic mass is 16.6. The van der Waals surface area contributed by atoms with E-state index in [0.717, 1.165) is 11.6 Å². The normalized spacial score (nSPS) is 10.3. The number of carboxylic acids is 1. The van der Waals surface area contributed by atoms with Gasteiger partial charge in [0.2, 0.25) is 0 Å². The Hall–Kier alpha value is -2.96. The maximum atomic E-state index is 11.6. The molecule has 0 bridgehead atoms. The molecule has 0 fully saturated rings. The quantitative estimate of drug-likeness (QED) is 0.317. The van der Waals surface area contributed by atoms with Crippen molar-refractivity contribution < 1.29 is 33.8 Å². The van der Waals surface area contributed by atoms with Crippen LogP contribution in [0.25, 0.3) is 0 Å². The molecule has 1 N–H and O–H groups in total. The summed E-state index contributed by atoms with van der Waals surface area (Å²) < 4.78 is 9.41. The first kappa shape index (κ1) is 19.1. The number of rotatable bonds is 9. The topological polar surface area (TPSA) is 107 Å². The van der Waals surface area contributed by atoms with Crippen LogP contribution in [0.3, 0.4) is 0 Å². The van der Waals surface area contributed by atoms with E-state index in [0.29, 0.717) is 18.9 Å². The molecule has 0 atom stereocenters. The molecule has 0 spiro atoms. The third-order valence-electron chi connectivity index (χ3n) is 2.80. The largest absolute Gasteiger partial charge is 0.478 e. The van der Waals surface area contributed by atoms with E-state index in [9.17, 15) is 19.2 Å². The molecule has 1 rings (SSSR count). The Labute approximate surface area is 138 Å². The van der Waals surface area contributed by atoms with Crippen molar-refractivity contribution in [3.8, 4) is 0 Å². The van der Waals surface area contributed by atoms with Crippen LogP contribution in [0.1, 0.15) is 24.8 Å². The monoisotopic (exact) mass is 334 g/mol. The van der Waals surface area contributed by atoms with E-state index >= 15 is 0 Å². The van der Waals surface area contributed by atoms with Crippen molar-refractivity contribution in [3.05, 3.63) is 48.0 Å². The maximum absolute atomic E-state index is 11.6. The minimum atomic E-state index is -1.24. The van der Waals surface area contributed by atoms with Gasteiger partial charge in [-0.05, 0) is 18.4 Å². The summed E-state index contributed by atoms with van der Waals surface area (Å²) in [7, 11) is 0. The van der Waals surface area contributed by atoms with Gasteiger partial charge < -0.3 is 14.6 Å². The van der Waals surface area contributed by atoms with E-state index in [1.54, 1.807) is 24.3 Å². The van der Waals surface area contributed by atoms with Gasteiger partial charge in [-0.1, -0.05) is 30.3 Å². The van der Waals surface area contributed by atoms with Crippen LogP contribution in [0.5, 0.6) is 0 Å². The summed E-state index contributed by atoms with van der Waals surface area (Å²) in [6.07, 6.45) is 2.32. The third kappa shape index (κ3) is 9.14. The van der Waals surface area contributed by atoms with Crippen LogP contribution < -0.4 is 0 Å². The summed E-state index contributed by atoms with van der Waals surface area (Å²) >= 11 is 0. The average Bonchev–Trinajstić information content (AvgIpc) is 2.53. The number of hydrogen-bond acceptors (Lipinski definition) is 6. The zero-order valence-corrected chi connectivity index (χ0v) is 13.0. The Bertz CT molecular complexity index is 605. The highest BCUT2D eigenvalue weighted by molar-refractivity contribution is 5.90. The molecule has 24 heavy (non-hydrogen) atoms. The van der Waals surface area contributed by atoms with Gasteiger partial charge in [-0.25, -0.2) is 9.59 Å². The van der Waals surface area contributed by atoms with Gasteiger partial charge in [0.05, 0.1) is 13.0 Å². The van der Waals surface area contributed by atoms with E-state index < -0.39 is 23.9 Å². The molecule has 0 aromatic heterocycles. The molecular weight excluding hydrogens is 316 g/mol. The van der Waals surface area contributed by atoms with Gasteiger partial charge in [-0.2, -0.15) is 0 Å². The van der Waals surface area contributed by atoms with Crippen molar-refractivity contribution in [3.63, 3.8) is 0 Å². The van der Waals surface area contributed by atoms with Crippen LogP contribution in [0.2, 0.25) is 0 Å². The predicted molar refractivity (Wildman–Crippen MR) is 82.8 cm³/mol. The predicted octanol–water partition coefficient (Wildman–Crippen LogP) is 1.65. The number of unbranched alkanes of at least 4 members (excludes halogenated alkanes) is 1. The van der Waals surface area contributed by atoms with Gasteiger partial charge in [0, 0.05) is 18.6 Å². The molecule has 1 aromatic carbocycles. The van der Waals surface area contributed by atoms with Crippen LogP contribution in [0, 0.1) is 0 Å². The van der Waals surface area contributed by atoms with Crippen molar-refractivity contribution in [2.24, 2.45) is 0 Å². The van der Waals surface area contributed by atoms with E-state index in [1.165, 1.54) is 0 Å². The zero-order valence-electron chi connectivity index (χ0n) is 13.0. The van der Waals surface area contributed by atoms with E-state index in [4.69, 9.17) is 9.84 Å². The fraction of sp³-hybridized carbons (Fsp3) is 0.294. The van der Waals surface area contributed by atoms with Gasteiger partial charge in [0.15, 0.2) is 0 Å². The van der Waals surface area contributed by atoms with Crippen molar-refractivity contribution in [1.29, 1.82) is 0 Å². The number of aliphatic carboxylic acids is 1. The molecule has 0 unspecified atom stereocenters. The molecule has 128 valence electrons. The van der Waals surface area contributed by atoms with Crippen molar-refractivity contribution in [2.45, 2.75) is 25.7 Å². The van der Waals surface area contributed by atoms with Crippen LogP contribution in [0.15, 0.2) is 42.5 Å². The van der Waals surface area contributed by atoms with Crippen molar-refractivity contribution in [1.82, 2.24) is 0 Å². The Morgan fingerprint density at radius 3 is 2.33 bits per heavy atom. The second kappa shape index (κ2) is 10.7. The van der Waals surface area contributed by atoms with Gasteiger partial charge in [0.25, 0.3) is 0 Å². The van der Waals surface area contributed by atoms with Gasteiger partial charge in [-0.3, -0.25) is 9.59 Å². The lowest BCUT2D eigenvalue weighted by atomic mass is 10.1. The number of carboxylic acid groups (broad SMARTS) is 1. The smallest absolute Gasteiger partial charge is 0.331 e. The molecule has 0 saturated carbocycles. The lowest BCUT2D eigenvalue weighted by molar-refractivity contribution is -0.159. The highest BCUT2D eigenvalue weighted by Crippen LogP contribution is 2.03. The van der Waals surface area contributed by atoms with Crippen LogP contribution >= 0.6 is 0 Å². The molecule has 0 amide bonds. The van der Waals surface area contributed by atoms with Gasteiger partial charge >= 0.3 is 23.9 Å². The number of hydrogen-bond donors (Lipinski definition) is 1. The maximum Gasteiger partial charge on any atom is 0.331 e. The van der Waals surface area contributed by atoms with Crippen LogP contribution in [-0.2, 0) is 35.1 Å². The second-order valence-corrected chi connectivity index (χ2v) is 4.80. The summed E-state index contributed by atoms with van der Waals surface area (Å²) in [6.45, 7) is 0.0496. The molecule has 0 heterocycles. The molecule has 7 heteroatoms. The van der Waals surface area contributed by atoms with Crippen molar-refractivity contribution in [2.75, 3.05) is 6.61 Å². The Morgan fingerprint density at radius 2 is 1.67 bits per heavy atom. The fourth-order valence-electron chi connectivity index (χ4n) is 1.71. The van der Waals surface area contributed by atoms with E-state index in [-0.39, 0.29) is 19.4 Å². The Morgan fingerprint density at radius 1 is 0.958 bits per heavy atom. The minimum absolute atomic E-state index is 0.0279. The summed E-state index contributed by atoms with van der Waals surface area (Å²) in [5, 5.41) is 8.32. The molecule has 0 aliphatic rings. The SMILES string of the molecule is O=C(O)/C=C/C(=O)OCCCCC(=O)OC(=O)Cc1ccccc1. The first-order valence-electron chi connectivity index (χ1n) is 7.32. The molecule has 0 saturated heterocycles. The zero-order chi connectivity index (χ0) is 17.8. The first-order valence-corrected chi connectivity index (χ1v) is 7.32. The summed E-state index contributed by atoms with van der Waals surface area (Å²) in [5.74, 6) is -3.25. The molecule has 0 radical (unpaired) electrons. The minimum Gasteiger partial charge on any atom is -0.478 e. The fourth-order valence-corrected chi connectivity index (χ4v) is 1.71. The molecular formula is C17H18O7. The second-order valence-electron chi connectivity index (χ2n) is 4.80. The lowest BCUT2D eigenvalue weighted by Crippen LogP contribution is -2.14. The average molecular weight is 334 g/mol. The summed E-state index contributed by atoms with van der Waals surface area (Å²) in [4.78, 5) is 44.3. The first-order chi connectivity index (χ1) is 11.5. The number of esters is 3. The molecule has 7 nitrogen and oxygen atoms in total. The summed E-state index contributed by atoms with van der Waals surface area (Å²) in [5.41, 5.74) is 0.761. The highest BCUT2D eigenvalue weighted by Gasteiger charge is 2.11. The van der Waals surface area contributed by atoms with Gasteiger partial charge in [0.1, 0.15) is 0 Å².